The van der Waals surface area contributed by atoms with Crippen LogP contribution in [0.2, 0.25) is 36.2 Å². The smallest absolute Gasteiger partial charge is 0.384 e. The van der Waals surface area contributed by atoms with E-state index in [2.05, 4.69) is 0 Å². The van der Waals surface area contributed by atoms with Crippen molar-refractivity contribution in [2.24, 2.45) is 0 Å². The van der Waals surface area contributed by atoms with Gasteiger partial charge in [0.05, 0.1) is 10.0 Å². The zero-order valence-corrected chi connectivity index (χ0v) is 19.0. The number of hydrogen-bond donors (Lipinski definition) is 0. The Hall–Kier alpha value is -0.986. The molecule has 0 N–H and O–H groups in total. The molecule has 7 heteroatoms. The summed E-state index contributed by atoms with van der Waals surface area (Å²) in [5, 5.41) is 1.16. The fourth-order valence-electron chi connectivity index (χ4n) is 2.54. The molecule has 0 aliphatic rings. The summed E-state index contributed by atoms with van der Waals surface area (Å²) >= 11 is 12.5. The van der Waals surface area contributed by atoms with E-state index in [4.69, 9.17) is 36.2 Å². The van der Waals surface area contributed by atoms with Crippen molar-refractivity contribution in [3.05, 3.63) is 57.6 Å². The summed E-state index contributed by atoms with van der Waals surface area (Å²) in [4.78, 5) is 0. The first kappa shape index (κ1) is 20.3. The summed E-state index contributed by atoms with van der Waals surface area (Å²) in [5.41, 5.74) is 2.17. The van der Waals surface area contributed by atoms with Crippen LogP contribution in [0.3, 0.4) is 0 Å². The van der Waals surface area contributed by atoms with Gasteiger partial charge in [-0.1, -0.05) is 35.3 Å². The third kappa shape index (κ3) is 6.04. The van der Waals surface area contributed by atoms with Gasteiger partial charge in [0.1, 0.15) is 11.5 Å². The van der Waals surface area contributed by atoms with Gasteiger partial charge in [0, 0.05) is 0 Å². The van der Waals surface area contributed by atoms with E-state index in [1.807, 2.05) is 76.4 Å². The maximum absolute atomic E-state index is 6.34. The van der Waals surface area contributed by atoms with Crippen molar-refractivity contribution < 1.29 is 13.0 Å². The van der Waals surface area contributed by atoms with E-state index >= 15 is 0 Å². The Labute approximate surface area is 162 Å². The van der Waals surface area contributed by atoms with Gasteiger partial charge in [-0.2, -0.15) is 0 Å². The maximum atomic E-state index is 6.34. The molecule has 2 aromatic carbocycles. The molecule has 0 spiro atoms. The molecule has 0 aromatic heterocycles. The van der Waals surface area contributed by atoms with E-state index in [9.17, 15) is 0 Å². The zero-order chi connectivity index (χ0) is 18.8. The van der Waals surface area contributed by atoms with Crippen LogP contribution < -0.4 is 8.85 Å². The highest BCUT2D eigenvalue weighted by atomic mass is 35.5. The van der Waals surface area contributed by atoms with Crippen LogP contribution in [-0.4, -0.2) is 17.1 Å². The first-order valence-corrected chi connectivity index (χ1v) is 14.5. The monoisotopic (exact) mass is 414 g/mol. The molecule has 2 aromatic rings. The second-order valence-corrected chi connectivity index (χ2v) is 14.6. The lowest BCUT2D eigenvalue weighted by molar-refractivity contribution is 0.334. The van der Waals surface area contributed by atoms with Gasteiger partial charge >= 0.3 is 17.1 Å². The number of benzene rings is 2. The van der Waals surface area contributed by atoms with E-state index in [0.29, 0.717) is 21.5 Å². The standard InChI is InChI=1S/C18H24Cl2O3Si2/c1-13-7-9-15(19)17(11-13)21-24(3,4)23-25(5,6)22-18-12-14(2)8-10-16(18)20/h7-12H,1-6H3. The highest BCUT2D eigenvalue weighted by molar-refractivity contribution is 6.79. The molecule has 0 aliphatic carbocycles. The average Bonchev–Trinajstić information content (AvgIpc) is 2.45. The lowest BCUT2D eigenvalue weighted by Crippen LogP contribution is -2.52. The van der Waals surface area contributed by atoms with Crippen molar-refractivity contribution >= 4 is 40.3 Å². The minimum atomic E-state index is -2.51. The quantitative estimate of drug-likeness (QED) is 0.505. The van der Waals surface area contributed by atoms with Gasteiger partial charge in [0.25, 0.3) is 0 Å². The summed E-state index contributed by atoms with van der Waals surface area (Å²) in [5.74, 6) is 1.30. The van der Waals surface area contributed by atoms with Crippen LogP contribution in [0.25, 0.3) is 0 Å². The molecule has 0 unspecified atom stereocenters. The molecule has 0 bridgehead atoms. The molecule has 0 saturated carbocycles. The lowest BCUT2D eigenvalue weighted by atomic mass is 10.2. The number of hydrogen-bond acceptors (Lipinski definition) is 3. The molecule has 2 rings (SSSR count). The minimum Gasteiger partial charge on any atom is -0.520 e. The van der Waals surface area contributed by atoms with E-state index in [1.165, 1.54) is 0 Å². The highest BCUT2D eigenvalue weighted by Crippen LogP contribution is 2.31. The Morgan fingerprint density at radius 1 is 0.680 bits per heavy atom. The van der Waals surface area contributed by atoms with Gasteiger partial charge in [-0.05, 0) is 75.4 Å². The van der Waals surface area contributed by atoms with Crippen LogP contribution in [0.5, 0.6) is 11.5 Å². The molecule has 136 valence electrons. The van der Waals surface area contributed by atoms with Gasteiger partial charge in [0.15, 0.2) is 0 Å². The molecular weight excluding hydrogens is 391 g/mol. The third-order valence-electron chi connectivity index (χ3n) is 3.38. The van der Waals surface area contributed by atoms with Crippen molar-refractivity contribution in [3.63, 3.8) is 0 Å². The first-order chi connectivity index (χ1) is 11.5. The maximum Gasteiger partial charge on any atom is 0.384 e. The van der Waals surface area contributed by atoms with Crippen molar-refractivity contribution in [2.45, 2.75) is 40.0 Å². The van der Waals surface area contributed by atoms with Gasteiger partial charge in [-0.15, -0.1) is 0 Å². The SMILES string of the molecule is Cc1ccc(Cl)c(O[Si](C)(C)O[Si](C)(C)Oc2cc(C)ccc2Cl)c1. The van der Waals surface area contributed by atoms with Crippen LogP contribution >= 0.6 is 23.2 Å². The Morgan fingerprint density at radius 3 is 1.40 bits per heavy atom. The predicted octanol–water partition coefficient (Wildman–Crippen LogP) is 6.49. The molecule has 0 atom stereocenters. The molecule has 0 radical (unpaired) electrons. The highest BCUT2D eigenvalue weighted by Gasteiger charge is 2.39. The minimum absolute atomic E-state index is 0.580. The van der Waals surface area contributed by atoms with Crippen molar-refractivity contribution in [1.82, 2.24) is 0 Å². The molecular formula is C18H24Cl2O3Si2. The van der Waals surface area contributed by atoms with Gasteiger partial charge < -0.3 is 13.0 Å². The molecule has 3 nitrogen and oxygen atoms in total. The summed E-state index contributed by atoms with van der Waals surface area (Å²) in [6, 6.07) is 11.4. The molecule has 0 fully saturated rings. The molecule has 0 saturated heterocycles. The lowest BCUT2D eigenvalue weighted by Gasteiger charge is -2.33. The Bertz CT molecular complexity index is 700. The number of halogens is 2. The average molecular weight is 415 g/mol. The van der Waals surface area contributed by atoms with E-state index < -0.39 is 17.1 Å². The Balaban J connectivity index is 2.14. The van der Waals surface area contributed by atoms with E-state index in [-0.39, 0.29) is 0 Å². The summed E-state index contributed by atoms with van der Waals surface area (Å²) < 4.78 is 18.6. The molecule has 25 heavy (non-hydrogen) atoms. The summed E-state index contributed by atoms with van der Waals surface area (Å²) in [6.45, 7) is 12.0. The van der Waals surface area contributed by atoms with E-state index in [0.717, 1.165) is 11.1 Å². The summed E-state index contributed by atoms with van der Waals surface area (Å²) in [6.07, 6.45) is 0. The number of rotatable bonds is 6. The second-order valence-electron chi connectivity index (χ2n) is 6.97. The zero-order valence-electron chi connectivity index (χ0n) is 15.4. The van der Waals surface area contributed by atoms with Gasteiger partial charge in [0.2, 0.25) is 0 Å². The largest absolute Gasteiger partial charge is 0.520 e. The van der Waals surface area contributed by atoms with Crippen LogP contribution in [0.4, 0.5) is 0 Å². The fourth-order valence-corrected chi connectivity index (χ4v) is 9.45. The Kier molecular flexibility index (Phi) is 6.28. The van der Waals surface area contributed by atoms with Crippen molar-refractivity contribution in [1.29, 1.82) is 0 Å². The van der Waals surface area contributed by atoms with Crippen LogP contribution in [0, 0.1) is 13.8 Å². The van der Waals surface area contributed by atoms with Gasteiger partial charge in [-0.3, -0.25) is 0 Å². The Morgan fingerprint density at radius 2 is 1.04 bits per heavy atom. The van der Waals surface area contributed by atoms with Crippen molar-refractivity contribution in [3.8, 4) is 11.5 Å². The molecule has 0 aliphatic heterocycles. The molecule has 0 amide bonds. The topological polar surface area (TPSA) is 27.7 Å². The molecule has 0 heterocycles. The third-order valence-corrected chi connectivity index (χ3v) is 9.36. The normalized spacial score (nSPS) is 12.2. The van der Waals surface area contributed by atoms with E-state index in [1.54, 1.807) is 0 Å². The second kappa shape index (κ2) is 7.72. The van der Waals surface area contributed by atoms with Crippen LogP contribution in [0.1, 0.15) is 11.1 Å². The number of aryl methyl sites for hydroxylation is 2. The summed E-state index contributed by atoms with van der Waals surface area (Å²) in [7, 11) is -5.02. The predicted molar refractivity (Wildman–Crippen MR) is 110 cm³/mol. The van der Waals surface area contributed by atoms with Crippen LogP contribution in [-0.2, 0) is 4.12 Å². The fraction of sp³-hybridized carbons (Fsp3) is 0.333. The van der Waals surface area contributed by atoms with Gasteiger partial charge in [-0.25, -0.2) is 0 Å². The first-order valence-electron chi connectivity index (χ1n) is 8.08. The van der Waals surface area contributed by atoms with Crippen LogP contribution in [0.15, 0.2) is 36.4 Å². The van der Waals surface area contributed by atoms with Crippen molar-refractivity contribution in [2.75, 3.05) is 0 Å².